The Bertz CT molecular complexity index is 380. The maximum atomic E-state index is 11.5. The van der Waals surface area contributed by atoms with Crippen LogP contribution >= 0.6 is 15.9 Å². The van der Waals surface area contributed by atoms with Gasteiger partial charge in [0.15, 0.2) is 0 Å². The Morgan fingerprint density at radius 3 is 2.81 bits per heavy atom. The van der Waals surface area contributed by atoms with Gasteiger partial charge < -0.3 is 15.8 Å². The number of halogens is 1. The van der Waals surface area contributed by atoms with E-state index in [0.29, 0.717) is 11.4 Å². The normalized spacial score (nSPS) is 10.5. The lowest BCUT2D eigenvalue weighted by molar-refractivity contribution is -0.121. The molecule has 0 bridgehead atoms. The third-order valence-corrected chi connectivity index (χ3v) is 2.47. The molecule has 0 aliphatic rings. The monoisotopic (exact) mass is 286 g/mol. The molecule has 4 nitrogen and oxygen atoms in total. The van der Waals surface area contributed by atoms with Crippen LogP contribution in [0.3, 0.4) is 0 Å². The summed E-state index contributed by atoms with van der Waals surface area (Å²) in [4.78, 5) is 11.5. The van der Waals surface area contributed by atoms with Crippen LogP contribution in [-0.4, -0.2) is 18.6 Å². The number of rotatable bonds is 4. The topological polar surface area (TPSA) is 64.3 Å². The van der Waals surface area contributed by atoms with E-state index >= 15 is 0 Å². The molecule has 0 aliphatic heterocycles. The fraction of sp³-hybridized carbons (Fsp3) is 0.364. The van der Waals surface area contributed by atoms with Crippen LogP contribution in [0.5, 0.6) is 0 Å². The van der Waals surface area contributed by atoms with E-state index in [4.69, 9.17) is 10.5 Å². The van der Waals surface area contributed by atoms with E-state index in [0.717, 1.165) is 4.47 Å². The molecule has 0 fully saturated rings. The van der Waals surface area contributed by atoms with Gasteiger partial charge in [-0.2, -0.15) is 0 Å². The van der Waals surface area contributed by atoms with E-state index < -0.39 is 0 Å². The molecule has 0 aliphatic carbocycles. The van der Waals surface area contributed by atoms with Gasteiger partial charge in [0, 0.05) is 10.2 Å². The zero-order chi connectivity index (χ0) is 12.1. The van der Waals surface area contributed by atoms with Crippen LogP contribution in [-0.2, 0) is 9.53 Å². The van der Waals surface area contributed by atoms with Crippen LogP contribution in [0.2, 0.25) is 0 Å². The summed E-state index contributed by atoms with van der Waals surface area (Å²) in [6.07, 6.45) is 0.0422. The molecule has 0 unspecified atom stereocenters. The Hall–Kier alpha value is -1.07. The van der Waals surface area contributed by atoms with Crippen molar-refractivity contribution in [3.05, 3.63) is 22.7 Å². The van der Waals surface area contributed by atoms with E-state index in [1.54, 1.807) is 18.2 Å². The van der Waals surface area contributed by atoms with E-state index in [9.17, 15) is 4.79 Å². The van der Waals surface area contributed by atoms with Crippen molar-refractivity contribution in [2.75, 3.05) is 17.7 Å². The van der Waals surface area contributed by atoms with Crippen molar-refractivity contribution in [3.63, 3.8) is 0 Å². The predicted molar refractivity (Wildman–Crippen MR) is 68.3 cm³/mol. The second kappa shape index (κ2) is 5.86. The smallest absolute Gasteiger partial charge is 0.250 e. The molecule has 0 aromatic heterocycles. The summed E-state index contributed by atoms with van der Waals surface area (Å²) in [5.74, 6) is -0.181. The SMILES string of the molecule is CC(C)OCC(=O)Nc1ccc(N)cc1Br. The summed E-state index contributed by atoms with van der Waals surface area (Å²) in [6, 6.07) is 5.20. The Balaban J connectivity index is 2.56. The average molecular weight is 287 g/mol. The van der Waals surface area contributed by atoms with Crippen LogP contribution in [0, 0.1) is 0 Å². The van der Waals surface area contributed by atoms with Gasteiger partial charge in [0.2, 0.25) is 5.91 Å². The number of hydrogen-bond donors (Lipinski definition) is 2. The Labute approximate surface area is 103 Å². The van der Waals surface area contributed by atoms with Gasteiger partial charge in [-0.05, 0) is 48.0 Å². The molecule has 0 saturated heterocycles. The number of amides is 1. The first-order valence-corrected chi connectivity index (χ1v) is 5.75. The lowest BCUT2D eigenvalue weighted by Gasteiger charge is -2.10. The molecule has 1 rings (SSSR count). The van der Waals surface area contributed by atoms with E-state index in [-0.39, 0.29) is 18.6 Å². The van der Waals surface area contributed by atoms with Crippen molar-refractivity contribution in [3.8, 4) is 0 Å². The van der Waals surface area contributed by atoms with Crippen LogP contribution < -0.4 is 11.1 Å². The van der Waals surface area contributed by atoms with Gasteiger partial charge in [0.1, 0.15) is 6.61 Å². The molecule has 1 amide bonds. The third-order valence-electron chi connectivity index (χ3n) is 1.81. The minimum atomic E-state index is -0.181. The van der Waals surface area contributed by atoms with Crippen molar-refractivity contribution in [1.29, 1.82) is 0 Å². The first-order chi connectivity index (χ1) is 7.49. The minimum absolute atomic E-state index is 0.0422. The highest BCUT2D eigenvalue weighted by Gasteiger charge is 2.06. The van der Waals surface area contributed by atoms with Crippen molar-refractivity contribution >= 4 is 33.2 Å². The Morgan fingerprint density at radius 2 is 2.25 bits per heavy atom. The molecule has 3 N–H and O–H groups in total. The highest BCUT2D eigenvalue weighted by Crippen LogP contribution is 2.24. The van der Waals surface area contributed by atoms with E-state index in [1.165, 1.54) is 0 Å². The van der Waals surface area contributed by atoms with Gasteiger partial charge in [-0.1, -0.05) is 0 Å². The molecule has 16 heavy (non-hydrogen) atoms. The fourth-order valence-corrected chi connectivity index (χ4v) is 1.56. The van der Waals surface area contributed by atoms with Crippen molar-refractivity contribution in [2.24, 2.45) is 0 Å². The van der Waals surface area contributed by atoms with Crippen LogP contribution in [0.15, 0.2) is 22.7 Å². The quantitative estimate of drug-likeness (QED) is 0.836. The molecule has 88 valence electrons. The molecule has 1 aromatic carbocycles. The second-order valence-corrected chi connectivity index (χ2v) is 4.50. The second-order valence-electron chi connectivity index (χ2n) is 3.65. The summed E-state index contributed by atoms with van der Waals surface area (Å²) in [7, 11) is 0. The first-order valence-electron chi connectivity index (χ1n) is 4.95. The maximum absolute atomic E-state index is 11.5. The molecule has 0 heterocycles. The lowest BCUT2D eigenvalue weighted by Crippen LogP contribution is -2.20. The number of ether oxygens (including phenoxy) is 1. The van der Waals surface area contributed by atoms with Crippen LogP contribution in [0.1, 0.15) is 13.8 Å². The highest BCUT2D eigenvalue weighted by molar-refractivity contribution is 9.10. The zero-order valence-corrected chi connectivity index (χ0v) is 10.9. The molecule has 5 heteroatoms. The summed E-state index contributed by atoms with van der Waals surface area (Å²) in [5.41, 5.74) is 6.92. The van der Waals surface area contributed by atoms with Crippen LogP contribution in [0.25, 0.3) is 0 Å². The molecular weight excluding hydrogens is 272 g/mol. The summed E-state index contributed by atoms with van der Waals surface area (Å²) in [5, 5.41) is 2.73. The maximum Gasteiger partial charge on any atom is 0.250 e. The van der Waals surface area contributed by atoms with Gasteiger partial charge >= 0.3 is 0 Å². The van der Waals surface area contributed by atoms with Gasteiger partial charge in [0.25, 0.3) is 0 Å². The molecule has 0 saturated carbocycles. The van der Waals surface area contributed by atoms with Crippen molar-refractivity contribution in [2.45, 2.75) is 20.0 Å². The number of hydrogen-bond acceptors (Lipinski definition) is 3. The van der Waals surface area contributed by atoms with Gasteiger partial charge in [-0.3, -0.25) is 4.79 Å². The molecule has 0 atom stereocenters. The van der Waals surface area contributed by atoms with E-state index in [1.807, 2.05) is 13.8 Å². The number of benzene rings is 1. The predicted octanol–water partition coefficient (Wildman–Crippen LogP) is 2.39. The molecule has 0 spiro atoms. The molecular formula is C11H15BrN2O2. The summed E-state index contributed by atoms with van der Waals surface area (Å²) < 4.78 is 5.94. The Morgan fingerprint density at radius 1 is 1.56 bits per heavy atom. The number of nitrogens with two attached hydrogens (primary N) is 1. The average Bonchev–Trinajstić information content (AvgIpc) is 2.19. The van der Waals surface area contributed by atoms with Gasteiger partial charge in [0.05, 0.1) is 11.8 Å². The van der Waals surface area contributed by atoms with E-state index in [2.05, 4.69) is 21.2 Å². The lowest BCUT2D eigenvalue weighted by atomic mass is 10.3. The number of anilines is 2. The standard InChI is InChI=1S/C11H15BrN2O2/c1-7(2)16-6-11(15)14-10-4-3-8(13)5-9(10)12/h3-5,7H,6,13H2,1-2H3,(H,14,15). The largest absolute Gasteiger partial charge is 0.399 e. The highest BCUT2D eigenvalue weighted by atomic mass is 79.9. The van der Waals surface area contributed by atoms with Gasteiger partial charge in [-0.25, -0.2) is 0 Å². The molecule has 1 aromatic rings. The number of nitrogen functional groups attached to an aromatic ring is 1. The zero-order valence-electron chi connectivity index (χ0n) is 9.29. The molecule has 0 radical (unpaired) electrons. The summed E-state index contributed by atoms with van der Waals surface area (Å²) >= 11 is 3.32. The number of carbonyl (C=O) groups is 1. The van der Waals surface area contributed by atoms with Crippen LogP contribution in [0.4, 0.5) is 11.4 Å². The fourth-order valence-electron chi connectivity index (χ4n) is 1.06. The minimum Gasteiger partial charge on any atom is -0.399 e. The third kappa shape index (κ3) is 4.20. The Kier molecular flexibility index (Phi) is 4.76. The number of carbonyl (C=O) groups excluding carboxylic acids is 1. The van der Waals surface area contributed by atoms with Crippen molar-refractivity contribution < 1.29 is 9.53 Å². The van der Waals surface area contributed by atoms with Gasteiger partial charge in [-0.15, -0.1) is 0 Å². The van der Waals surface area contributed by atoms with Crippen molar-refractivity contribution in [1.82, 2.24) is 0 Å². The first kappa shape index (κ1) is 13.0. The number of nitrogens with one attached hydrogen (secondary N) is 1. The summed E-state index contributed by atoms with van der Waals surface area (Å²) in [6.45, 7) is 3.81.